The molecule has 0 N–H and O–H groups in total. The van der Waals surface area contributed by atoms with Crippen LogP contribution in [-0.4, -0.2) is 28.2 Å². The standard InChI is InChI=1S/C7H7IO3/c8-4-3-1-2-5(10-3)6(4)11-7(2)9/h2-6H,1H2/t2-,3+,4+,5+,6-/m1/s1. The van der Waals surface area contributed by atoms with E-state index in [-0.39, 0.29) is 30.2 Å². The molecule has 0 amide bonds. The van der Waals surface area contributed by atoms with Gasteiger partial charge in [0, 0.05) is 0 Å². The molecule has 11 heavy (non-hydrogen) atoms. The van der Waals surface area contributed by atoms with Crippen molar-refractivity contribution in [3.8, 4) is 0 Å². The number of carbonyl (C=O) groups is 1. The predicted molar refractivity (Wildman–Crippen MR) is 44.5 cm³/mol. The van der Waals surface area contributed by atoms with Crippen molar-refractivity contribution in [3.05, 3.63) is 0 Å². The summed E-state index contributed by atoms with van der Waals surface area (Å²) < 4.78 is 11.2. The Labute approximate surface area is 77.6 Å². The second-order valence-electron chi connectivity index (χ2n) is 3.33. The normalized spacial score (nSPS) is 58.6. The minimum atomic E-state index is -0.0401. The molecule has 0 aromatic rings. The summed E-state index contributed by atoms with van der Waals surface area (Å²) in [5, 5.41) is 0. The van der Waals surface area contributed by atoms with Crippen LogP contribution in [0.4, 0.5) is 0 Å². The third-order valence-corrected chi connectivity index (χ3v) is 4.27. The molecule has 0 unspecified atom stereocenters. The summed E-state index contributed by atoms with van der Waals surface area (Å²) in [5.74, 6) is 0.0256. The minimum absolute atomic E-state index is 0.0401. The summed E-state index contributed by atoms with van der Waals surface area (Å²) in [6, 6.07) is 0. The Bertz CT molecular complexity index is 230. The van der Waals surface area contributed by atoms with Gasteiger partial charge in [-0.15, -0.1) is 0 Å². The lowest BCUT2D eigenvalue weighted by atomic mass is 9.90. The summed E-state index contributed by atoms with van der Waals surface area (Å²) in [4.78, 5) is 11.1. The first-order valence-corrected chi connectivity index (χ1v) is 5.02. The molecule has 3 rings (SSSR count). The van der Waals surface area contributed by atoms with Crippen LogP contribution in [-0.2, 0) is 14.3 Å². The summed E-state index contributed by atoms with van der Waals surface area (Å²) in [6.45, 7) is 0. The van der Waals surface area contributed by atoms with Crippen molar-refractivity contribution in [2.75, 3.05) is 0 Å². The SMILES string of the molecule is O=C1O[C@@H]2[C@@H](I)[C@@H]3C[C@@H]1[C@@H]2O3. The Balaban J connectivity index is 2.04. The molecule has 0 aliphatic carbocycles. The molecule has 0 radical (unpaired) electrons. The highest BCUT2D eigenvalue weighted by molar-refractivity contribution is 14.1. The molecule has 3 saturated heterocycles. The smallest absolute Gasteiger partial charge is 0.312 e. The van der Waals surface area contributed by atoms with E-state index in [1.54, 1.807) is 0 Å². The number of halogens is 1. The maximum Gasteiger partial charge on any atom is 0.312 e. The molecule has 0 aromatic carbocycles. The highest BCUT2D eigenvalue weighted by atomic mass is 127. The molecule has 4 heteroatoms. The molecular formula is C7H7IO3. The first-order chi connectivity index (χ1) is 5.27. The summed E-state index contributed by atoms with van der Waals surface area (Å²) in [6.07, 6.45) is 1.32. The topological polar surface area (TPSA) is 35.5 Å². The van der Waals surface area contributed by atoms with E-state index < -0.39 is 0 Å². The van der Waals surface area contributed by atoms with Crippen LogP contribution < -0.4 is 0 Å². The van der Waals surface area contributed by atoms with E-state index in [1.165, 1.54) is 0 Å². The number of ether oxygens (including phenoxy) is 2. The van der Waals surface area contributed by atoms with E-state index in [1.807, 2.05) is 0 Å². The molecule has 3 aliphatic heterocycles. The van der Waals surface area contributed by atoms with Gasteiger partial charge in [0.05, 0.1) is 15.9 Å². The van der Waals surface area contributed by atoms with Crippen LogP contribution in [0.3, 0.4) is 0 Å². The fraction of sp³-hybridized carbons (Fsp3) is 0.857. The molecule has 0 aromatic heterocycles. The van der Waals surface area contributed by atoms with Crippen LogP contribution in [0.1, 0.15) is 6.42 Å². The van der Waals surface area contributed by atoms with E-state index in [4.69, 9.17) is 9.47 Å². The fourth-order valence-corrected chi connectivity index (χ4v) is 3.24. The van der Waals surface area contributed by atoms with Gasteiger partial charge < -0.3 is 9.47 Å². The van der Waals surface area contributed by atoms with Gasteiger partial charge in [-0.3, -0.25) is 4.79 Å². The van der Waals surface area contributed by atoms with Gasteiger partial charge in [-0.25, -0.2) is 0 Å². The third-order valence-electron chi connectivity index (χ3n) is 2.76. The summed E-state index contributed by atoms with van der Waals surface area (Å²) in [7, 11) is 0. The highest BCUT2D eigenvalue weighted by Crippen LogP contribution is 2.48. The van der Waals surface area contributed by atoms with Crippen molar-refractivity contribution in [2.45, 2.75) is 28.7 Å². The average molecular weight is 266 g/mol. The highest BCUT2D eigenvalue weighted by Gasteiger charge is 2.62. The van der Waals surface area contributed by atoms with Gasteiger partial charge in [-0.05, 0) is 6.42 Å². The second kappa shape index (κ2) is 1.90. The van der Waals surface area contributed by atoms with Crippen molar-refractivity contribution >= 4 is 28.6 Å². The zero-order chi connectivity index (χ0) is 7.59. The van der Waals surface area contributed by atoms with Crippen molar-refractivity contribution in [3.63, 3.8) is 0 Å². The molecular weight excluding hydrogens is 259 g/mol. The molecule has 2 bridgehead atoms. The third kappa shape index (κ3) is 0.654. The number of carbonyl (C=O) groups excluding carboxylic acids is 1. The predicted octanol–water partition coefficient (Wildman–Crippen LogP) is 0.503. The number of hydrogen-bond donors (Lipinski definition) is 0. The van der Waals surface area contributed by atoms with Crippen molar-refractivity contribution in [1.82, 2.24) is 0 Å². The second-order valence-corrected chi connectivity index (χ2v) is 4.77. The van der Waals surface area contributed by atoms with Gasteiger partial charge in [0.15, 0.2) is 0 Å². The van der Waals surface area contributed by atoms with Gasteiger partial charge in [-0.2, -0.15) is 0 Å². The van der Waals surface area contributed by atoms with Gasteiger partial charge in [-0.1, -0.05) is 22.6 Å². The lowest BCUT2D eigenvalue weighted by molar-refractivity contribution is -0.143. The number of rotatable bonds is 0. The first-order valence-electron chi connectivity index (χ1n) is 3.77. The summed E-state index contributed by atoms with van der Waals surface area (Å²) >= 11 is 2.32. The maximum absolute atomic E-state index is 11.1. The molecule has 3 heterocycles. The van der Waals surface area contributed by atoms with Gasteiger partial charge >= 0.3 is 5.97 Å². The van der Waals surface area contributed by atoms with E-state index in [0.717, 1.165) is 6.42 Å². The Kier molecular flexibility index (Phi) is 1.15. The Morgan fingerprint density at radius 2 is 2.27 bits per heavy atom. The van der Waals surface area contributed by atoms with Crippen LogP contribution in [0, 0.1) is 5.92 Å². The first kappa shape index (κ1) is 6.65. The van der Waals surface area contributed by atoms with Gasteiger partial charge in [0.1, 0.15) is 12.2 Å². The maximum atomic E-state index is 11.1. The lowest BCUT2D eigenvalue weighted by Gasteiger charge is -2.14. The van der Waals surface area contributed by atoms with Crippen LogP contribution in [0.15, 0.2) is 0 Å². The monoisotopic (exact) mass is 266 g/mol. The molecule has 3 nitrogen and oxygen atoms in total. The largest absolute Gasteiger partial charge is 0.458 e. The van der Waals surface area contributed by atoms with Gasteiger partial charge in [0.2, 0.25) is 0 Å². The van der Waals surface area contributed by atoms with Crippen LogP contribution in [0.25, 0.3) is 0 Å². The van der Waals surface area contributed by atoms with Crippen molar-refractivity contribution < 1.29 is 14.3 Å². The van der Waals surface area contributed by atoms with E-state index in [9.17, 15) is 4.79 Å². The number of esters is 1. The summed E-state index contributed by atoms with van der Waals surface area (Å²) in [5.41, 5.74) is 0. The Hall–Kier alpha value is 0.160. The quantitative estimate of drug-likeness (QED) is 0.364. The lowest BCUT2D eigenvalue weighted by Crippen LogP contribution is -2.31. The molecule has 3 fully saturated rings. The Morgan fingerprint density at radius 3 is 2.91 bits per heavy atom. The van der Waals surface area contributed by atoms with E-state index in [0.29, 0.717) is 3.92 Å². The van der Waals surface area contributed by atoms with E-state index in [2.05, 4.69) is 22.6 Å². The van der Waals surface area contributed by atoms with Crippen molar-refractivity contribution in [1.29, 1.82) is 0 Å². The number of fused-ring (bicyclic) bond motifs is 1. The molecule has 5 atom stereocenters. The average Bonchev–Trinajstić information content (AvgIpc) is 2.53. The molecule has 0 saturated carbocycles. The van der Waals surface area contributed by atoms with Crippen LogP contribution in [0.5, 0.6) is 0 Å². The van der Waals surface area contributed by atoms with Gasteiger partial charge in [0.25, 0.3) is 0 Å². The minimum Gasteiger partial charge on any atom is -0.458 e. The van der Waals surface area contributed by atoms with Crippen LogP contribution >= 0.6 is 22.6 Å². The van der Waals surface area contributed by atoms with Crippen molar-refractivity contribution in [2.24, 2.45) is 5.92 Å². The molecule has 60 valence electrons. The van der Waals surface area contributed by atoms with Crippen LogP contribution in [0.2, 0.25) is 0 Å². The Morgan fingerprint density at radius 1 is 1.45 bits per heavy atom. The molecule has 3 aliphatic rings. The number of hydrogen-bond acceptors (Lipinski definition) is 3. The molecule has 0 spiro atoms. The van der Waals surface area contributed by atoms with E-state index >= 15 is 0 Å². The zero-order valence-corrected chi connectivity index (χ0v) is 7.85. The zero-order valence-electron chi connectivity index (χ0n) is 5.70. The fourth-order valence-electron chi connectivity index (χ4n) is 2.22. The number of alkyl halides is 1.